The molecule has 1 aliphatic heterocycles. The van der Waals surface area contributed by atoms with Crippen molar-refractivity contribution in [3.8, 4) is 0 Å². The molecule has 0 bridgehead atoms. The Hall–Kier alpha value is -1.88. The summed E-state index contributed by atoms with van der Waals surface area (Å²) < 4.78 is 20.8. The van der Waals surface area contributed by atoms with Crippen LogP contribution in [0, 0.1) is 0 Å². The molecule has 1 fully saturated rings. The predicted octanol–water partition coefficient (Wildman–Crippen LogP) is 1.60. The molecule has 16 heteroatoms. The first-order valence-electron chi connectivity index (χ1n) is 12.0. The van der Waals surface area contributed by atoms with Crippen LogP contribution in [0.5, 0.6) is 0 Å². The number of hydrogen-bond acceptors (Lipinski definition) is 12. The van der Waals surface area contributed by atoms with Gasteiger partial charge in [0, 0.05) is 18.7 Å². The smallest absolute Gasteiger partial charge is 0.407 e. The molecule has 0 spiro atoms. The molecule has 1 saturated heterocycles. The normalized spacial score (nSPS) is 15.8. The maximum Gasteiger partial charge on any atom is 0.407 e. The minimum absolute atomic E-state index is 0.133. The highest BCUT2D eigenvalue weighted by Crippen LogP contribution is 2.22. The molecule has 1 rings (SSSR count). The molecule has 0 radical (unpaired) electrons. The van der Waals surface area contributed by atoms with Crippen LogP contribution in [0.2, 0.25) is 0 Å². The van der Waals surface area contributed by atoms with E-state index >= 15 is 0 Å². The molecule has 0 aromatic carbocycles. The lowest BCUT2D eigenvalue weighted by molar-refractivity contribution is -0.140. The molecule has 0 aromatic heterocycles. The van der Waals surface area contributed by atoms with Gasteiger partial charge in [-0.05, 0) is 31.8 Å². The zero-order valence-electron chi connectivity index (χ0n) is 21.6. The van der Waals surface area contributed by atoms with Crippen molar-refractivity contribution in [2.75, 3.05) is 71.0 Å². The number of carbonyl (C=O) groups excluding carboxylic acids is 4. The molecule has 0 saturated carbocycles. The van der Waals surface area contributed by atoms with E-state index < -0.39 is 24.2 Å². The summed E-state index contributed by atoms with van der Waals surface area (Å²) in [4.78, 5) is 59.4. The topological polar surface area (TPSA) is 170 Å². The Labute approximate surface area is 234 Å². The molecule has 218 valence electrons. The Kier molecular flexibility index (Phi) is 18.9. The van der Waals surface area contributed by atoms with Crippen LogP contribution < -0.4 is 10.6 Å². The number of carboxylic acids is 1. The van der Waals surface area contributed by atoms with Gasteiger partial charge in [-0.3, -0.25) is 14.5 Å². The number of amides is 4. The van der Waals surface area contributed by atoms with Crippen LogP contribution in [-0.4, -0.2) is 122 Å². The fourth-order valence-electron chi connectivity index (χ4n) is 3.03. The molecular weight excluding hydrogens is 562 g/mol. The van der Waals surface area contributed by atoms with Crippen LogP contribution in [0.1, 0.15) is 25.7 Å². The number of unbranched alkanes of at least 4 members (excludes halogenated alkanes) is 2. The monoisotopic (exact) mass is 599 g/mol. The van der Waals surface area contributed by atoms with Crippen molar-refractivity contribution in [1.82, 2.24) is 15.5 Å². The summed E-state index contributed by atoms with van der Waals surface area (Å²) in [7, 11) is 2.74. The van der Waals surface area contributed by atoms with Crippen molar-refractivity contribution < 1.29 is 48.0 Å². The van der Waals surface area contributed by atoms with E-state index in [0.717, 1.165) is 0 Å². The van der Waals surface area contributed by atoms with Gasteiger partial charge in [0.2, 0.25) is 11.8 Å². The van der Waals surface area contributed by atoms with Gasteiger partial charge in [0.15, 0.2) is 0 Å². The number of ether oxygens (including phenoxy) is 4. The molecule has 3 N–H and O–H groups in total. The highest BCUT2D eigenvalue weighted by Gasteiger charge is 2.37. The average Bonchev–Trinajstić information content (AvgIpc) is 3.16. The minimum Gasteiger partial charge on any atom is -0.480 e. The Balaban J connectivity index is 1.91. The van der Waals surface area contributed by atoms with Crippen molar-refractivity contribution in [2.45, 2.75) is 37.0 Å². The number of alkyl carbamates (subject to hydrolysis) is 2. The Bertz CT molecular complexity index is 762. The molecule has 1 heterocycles. The summed E-state index contributed by atoms with van der Waals surface area (Å²) in [5.41, 5.74) is 0. The third-order valence-corrected chi connectivity index (χ3v) is 7.79. The average molecular weight is 600 g/mol. The molecule has 1 aliphatic rings. The second kappa shape index (κ2) is 21.0. The number of thioether (sulfide) groups is 1. The highest BCUT2D eigenvalue weighted by molar-refractivity contribution is 8.76. The van der Waals surface area contributed by atoms with Crippen LogP contribution in [-0.2, 0) is 33.3 Å². The summed E-state index contributed by atoms with van der Waals surface area (Å²) >= 11 is 1.37. The van der Waals surface area contributed by atoms with E-state index in [9.17, 15) is 24.0 Å². The number of carboxylic acid groups (broad SMARTS) is 1. The molecule has 4 amide bonds. The van der Waals surface area contributed by atoms with Crippen LogP contribution in [0.3, 0.4) is 0 Å². The van der Waals surface area contributed by atoms with Gasteiger partial charge < -0.3 is 34.7 Å². The summed E-state index contributed by atoms with van der Waals surface area (Å²) in [5, 5.41) is 13.6. The van der Waals surface area contributed by atoms with Crippen LogP contribution in [0.4, 0.5) is 9.59 Å². The van der Waals surface area contributed by atoms with E-state index in [1.54, 1.807) is 0 Å². The standard InChI is InChI=1S/C22H37N3O10S3/c1-36-17-14-18(26)25(19(17)27)7-11-33-13-12-32-10-6-23-21(30)34-8-4-3-5-9-35-22(31)24-16(20(28)29)15-38-37-2/h16-17H,3-15H2,1-2H3,(H,23,30)(H,24,31)(H,28,29)/t16-,17?/m0/s1. The quantitative estimate of drug-likeness (QED) is 0.0988. The van der Waals surface area contributed by atoms with E-state index in [4.69, 9.17) is 24.1 Å². The molecule has 38 heavy (non-hydrogen) atoms. The van der Waals surface area contributed by atoms with Crippen LogP contribution >= 0.6 is 33.3 Å². The third-order valence-electron chi connectivity index (χ3n) is 5.03. The fourth-order valence-corrected chi connectivity index (χ4v) is 4.98. The van der Waals surface area contributed by atoms with Crippen molar-refractivity contribution in [2.24, 2.45) is 0 Å². The summed E-state index contributed by atoms with van der Waals surface area (Å²) in [5.74, 6) is -1.22. The number of imide groups is 1. The Morgan fingerprint density at radius 3 is 2.24 bits per heavy atom. The first-order valence-corrected chi connectivity index (χ1v) is 16.1. The second-order valence-electron chi connectivity index (χ2n) is 7.78. The predicted molar refractivity (Wildman–Crippen MR) is 145 cm³/mol. The van der Waals surface area contributed by atoms with E-state index in [-0.39, 0.29) is 68.8 Å². The minimum atomic E-state index is -1.12. The van der Waals surface area contributed by atoms with Gasteiger partial charge in [0.1, 0.15) is 6.04 Å². The highest BCUT2D eigenvalue weighted by atomic mass is 33.1. The van der Waals surface area contributed by atoms with E-state index in [1.807, 2.05) is 12.5 Å². The summed E-state index contributed by atoms with van der Waals surface area (Å²) in [6, 6.07) is -1.01. The first-order chi connectivity index (χ1) is 18.3. The van der Waals surface area contributed by atoms with E-state index in [2.05, 4.69) is 10.6 Å². The molecule has 13 nitrogen and oxygen atoms in total. The van der Waals surface area contributed by atoms with Crippen molar-refractivity contribution in [3.63, 3.8) is 0 Å². The molecular formula is C22H37N3O10S3. The number of nitrogens with zero attached hydrogens (tertiary/aromatic N) is 1. The van der Waals surface area contributed by atoms with Gasteiger partial charge in [-0.1, -0.05) is 21.6 Å². The Morgan fingerprint density at radius 1 is 0.974 bits per heavy atom. The molecule has 0 aliphatic carbocycles. The number of carbonyl (C=O) groups is 5. The maximum absolute atomic E-state index is 12.0. The van der Waals surface area contributed by atoms with Crippen LogP contribution in [0.15, 0.2) is 0 Å². The van der Waals surface area contributed by atoms with Crippen molar-refractivity contribution in [3.05, 3.63) is 0 Å². The van der Waals surface area contributed by atoms with Gasteiger partial charge in [-0.2, -0.15) is 11.8 Å². The number of nitrogens with one attached hydrogen (secondary N) is 2. The lowest BCUT2D eigenvalue weighted by atomic mass is 10.2. The summed E-state index contributed by atoms with van der Waals surface area (Å²) in [6.45, 7) is 1.96. The second-order valence-corrected chi connectivity index (χ2v) is 11.4. The molecule has 0 aromatic rings. The summed E-state index contributed by atoms with van der Waals surface area (Å²) in [6.07, 6.45) is 4.32. The zero-order chi connectivity index (χ0) is 28.2. The largest absolute Gasteiger partial charge is 0.480 e. The number of aliphatic carboxylic acids is 1. The third kappa shape index (κ3) is 14.9. The van der Waals surface area contributed by atoms with Gasteiger partial charge in [0.25, 0.3) is 0 Å². The lowest BCUT2D eigenvalue weighted by Gasteiger charge is -2.14. The lowest BCUT2D eigenvalue weighted by Crippen LogP contribution is -2.42. The van der Waals surface area contributed by atoms with Crippen LogP contribution in [0.25, 0.3) is 0 Å². The van der Waals surface area contributed by atoms with Gasteiger partial charge in [0.05, 0.1) is 51.4 Å². The van der Waals surface area contributed by atoms with E-state index in [1.165, 1.54) is 38.2 Å². The number of rotatable bonds is 21. The molecule has 2 atom stereocenters. The molecule has 1 unspecified atom stereocenters. The maximum atomic E-state index is 12.0. The Morgan fingerprint density at radius 2 is 1.63 bits per heavy atom. The zero-order valence-corrected chi connectivity index (χ0v) is 24.1. The van der Waals surface area contributed by atoms with Gasteiger partial charge in [-0.25, -0.2) is 14.4 Å². The first kappa shape index (κ1) is 34.1. The van der Waals surface area contributed by atoms with Crippen molar-refractivity contribution >= 4 is 63.3 Å². The van der Waals surface area contributed by atoms with E-state index in [0.29, 0.717) is 32.5 Å². The number of likely N-dealkylation sites (tertiary alicyclic amines) is 1. The van der Waals surface area contributed by atoms with Crippen molar-refractivity contribution in [1.29, 1.82) is 0 Å². The van der Waals surface area contributed by atoms with Gasteiger partial charge >= 0.3 is 18.2 Å². The SMILES string of the molecule is CSSC[C@H](NC(=O)OCCCCCOC(=O)NCCOCCOCCN1C(=O)CC(SC)C1=O)C(=O)O. The fraction of sp³-hybridized carbons (Fsp3) is 0.773. The van der Waals surface area contributed by atoms with Gasteiger partial charge in [-0.15, -0.1) is 0 Å². The number of hydrogen-bond donors (Lipinski definition) is 3.